The van der Waals surface area contributed by atoms with E-state index in [9.17, 15) is 9.18 Å². The molecule has 1 saturated carbocycles. The highest BCUT2D eigenvalue weighted by molar-refractivity contribution is 8.00. The summed E-state index contributed by atoms with van der Waals surface area (Å²) in [5, 5.41) is 12.0. The highest BCUT2D eigenvalue weighted by Crippen LogP contribution is 2.36. The minimum Gasteiger partial charge on any atom is -0.486 e. The Kier molecular flexibility index (Phi) is 7.65. The number of carbonyl (C=O) groups is 1. The Morgan fingerprint density at radius 3 is 2.55 bits per heavy atom. The van der Waals surface area contributed by atoms with Crippen LogP contribution in [0.1, 0.15) is 49.7 Å². The number of hydrogen-bond acceptors (Lipinski definition) is 5. The van der Waals surface area contributed by atoms with Gasteiger partial charge in [-0.05, 0) is 55.0 Å². The Hall–Kier alpha value is -2.87. The van der Waals surface area contributed by atoms with Crippen LogP contribution in [0.15, 0.2) is 59.8 Å². The molecule has 1 aliphatic carbocycles. The van der Waals surface area contributed by atoms with Crippen molar-refractivity contribution in [2.75, 3.05) is 0 Å². The lowest BCUT2D eigenvalue weighted by atomic mass is 10.1. The van der Waals surface area contributed by atoms with E-state index in [0.29, 0.717) is 16.9 Å². The average molecular weight is 469 g/mol. The van der Waals surface area contributed by atoms with Crippen LogP contribution in [-0.4, -0.2) is 26.7 Å². The van der Waals surface area contributed by atoms with Crippen molar-refractivity contribution in [3.63, 3.8) is 0 Å². The van der Waals surface area contributed by atoms with Crippen LogP contribution in [0.4, 0.5) is 4.39 Å². The first-order chi connectivity index (χ1) is 16.0. The zero-order valence-electron chi connectivity index (χ0n) is 18.9. The van der Waals surface area contributed by atoms with Crippen LogP contribution in [0.25, 0.3) is 0 Å². The molecule has 6 nitrogen and oxygen atoms in total. The van der Waals surface area contributed by atoms with Gasteiger partial charge < -0.3 is 14.6 Å². The van der Waals surface area contributed by atoms with Gasteiger partial charge in [-0.15, -0.1) is 10.2 Å². The van der Waals surface area contributed by atoms with Crippen molar-refractivity contribution in [2.24, 2.45) is 5.92 Å². The maximum absolute atomic E-state index is 13.5. The van der Waals surface area contributed by atoms with Gasteiger partial charge in [0, 0.05) is 12.6 Å². The van der Waals surface area contributed by atoms with Gasteiger partial charge >= 0.3 is 0 Å². The summed E-state index contributed by atoms with van der Waals surface area (Å²) in [7, 11) is 0. The molecule has 33 heavy (non-hydrogen) atoms. The van der Waals surface area contributed by atoms with Crippen LogP contribution < -0.4 is 10.1 Å². The fraction of sp³-hybridized carbons (Fsp3) is 0.400. The van der Waals surface area contributed by atoms with Crippen LogP contribution in [0.5, 0.6) is 5.75 Å². The normalized spacial score (nSPS) is 14.3. The molecular weight excluding hydrogens is 439 g/mol. The molecule has 1 amide bonds. The summed E-state index contributed by atoms with van der Waals surface area (Å²) in [4.78, 5) is 13.1. The smallest absolute Gasteiger partial charge is 0.238 e. The Labute approximate surface area is 197 Å². The van der Waals surface area contributed by atoms with E-state index >= 15 is 0 Å². The topological polar surface area (TPSA) is 69.0 Å². The van der Waals surface area contributed by atoms with Crippen LogP contribution in [0.3, 0.4) is 0 Å². The Balaban J connectivity index is 1.57. The largest absolute Gasteiger partial charge is 0.486 e. The molecule has 1 N–H and O–H groups in total. The predicted molar refractivity (Wildman–Crippen MR) is 126 cm³/mol. The van der Waals surface area contributed by atoms with Crippen LogP contribution in [0.2, 0.25) is 0 Å². The fourth-order valence-electron chi connectivity index (χ4n) is 3.31. The van der Waals surface area contributed by atoms with Gasteiger partial charge in [0.05, 0.1) is 0 Å². The number of halogens is 1. The molecule has 0 spiro atoms. The number of aromatic nitrogens is 3. The van der Waals surface area contributed by atoms with Crippen molar-refractivity contribution in [1.82, 2.24) is 20.1 Å². The summed E-state index contributed by atoms with van der Waals surface area (Å²) in [6.07, 6.45) is 2.94. The van der Waals surface area contributed by atoms with Gasteiger partial charge in [-0.3, -0.25) is 4.79 Å². The second-order valence-electron chi connectivity index (χ2n) is 8.67. The standard InChI is InChI=1S/C25H29FN4O2S/c1-17(2)14-15-30-22(16-32-21-6-4-3-5-7-21)28-29-25(30)33-23(24(31)27-20-12-13-20)18-8-10-19(26)11-9-18/h3-11,17,20,23H,12-16H2,1-2H3,(H,27,31). The summed E-state index contributed by atoms with van der Waals surface area (Å²) >= 11 is 1.35. The van der Waals surface area contributed by atoms with Gasteiger partial charge in [-0.25, -0.2) is 4.39 Å². The van der Waals surface area contributed by atoms with Crippen LogP contribution in [-0.2, 0) is 17.9 Å². The van der Waals surface area contributed by atoms with E-state index in [2.05, 4.69) is 29.4 Å². The second-order valence-corrected chi connectivity index (χ2v) is 9.74. The first-order valence-electron chi connectivity index (χ1n) is 11.3. The molecule has 0 saturated heterocycles. The molecule has 0 radical (unpaired) electrons. The number of rotatable bonds is 11. The molecule has 4 rings (SSSR count). The van der Waals surface area contributed by atoms with Crippen molar-refractivity contribution in [1.29, 1.82) is 0 Å². The number of carbonyl (C=O) groups excluding carboxylic acids is 1. The van der Waals surface area contributed by atoms with Crippen LogP contribution >= 0.6 is 11.8 Å². The highest BCUT2D eigenvalue weighted by atomic mass is 32.2. The summed E-state index contributed by atoms with van der Waals surface area (Å²) in [6, 6.07) is 15.9. The van der Waals surface area contributed by atoms with E-state index < -0.39 is 5.25 Å². The summed E-state index contributed by atoms with van der Waals surface area (Å²) in [5.41, 5.74) is 0.736. The maximum Gasteiger partial charge on any atom is 0.238 e. The summed E-state index contributed by atoms with van der Waals surface area (Å²) < 4.78 is 21.5. The molecule has 174 valence electrons. The average Bonchev–Trinajstić information content (AvgIpc) is 3.54. The molecule has 1 aromatic heterocycles. The van der Waals surface area contributed by atoms with Crippen molar-refractivity contribution >= 4 is 17.7 Å². The van der Waals surface area contributed by atoms with Gasteiger partial charge in [0.15, 0.2) is 11.0 Å². The van der Waals surface area contributed by atoms with Gasteiger partial charge in [-0.2, -0.15) is 0 Å². The quantitative estimate of drug-likeness (QED) is 0.394. The van der Waals surface area contributed by atoms with E-state index in [1.54, 1.807) is 12.1 Å². The highest BCUT2D eigenvalue weighted by Gasteiger charge is 2.31. The van der Waals surface area contributed by atoms with Crippen molar-refractivity contribution in [2.45, 2.75) is 62.7 Å². The van der Waals surface area contributed by atoms with E-state index in [-0.39, 0.29) is 24.4 Å². The molecule has 1 aliphatic rings. The maximum atomic E-state index is 13.5. The molecule has 1 heterocycles. The van der Waals surface area contributed by atoms with Gasteiger partial charge in [0.25, 0.3) is 0 Å². The molecule has 1 unspecified atom stereocenters. The number of benzene rings is 2. The van der Waals surface area contributed by atoms with Gasteiger partial charge in [-0.1, -0.05) is 55.9 Å². The van der Waals surface area contributed by atoms with E-state index in [1.807, 2.05) is 34.9 Å². The zero-order chi connectivity index (χ0) is 23.2. The molecule has 0 bridgehead atoms. The number of nitrogens with one attached hydrogen (secondary N) is 1. The van der Waals surface area contributed by atoms with E-state index in [4.69, 9.17) is 4.74 Å². The van der Waals surface area contributed by atoms with Crippen LogP contribution in [0, 0.1) is 11.7 Å². The third kappa shape index (κ3) is 6.57. The molecule has 1 atom stereocenters. The lowest BCUT2D eigenvalue weighted by molar-refractivity contribution is -0.120. The van der Waals surface area contributed by atoms with Gasteiger partial charge in [0.2, 0.25) is 5.91 Å². The second kappa shape index (κ2) is 10.8. The summed E-state index contributed by atoms with van der Waals surface area (Å²) in [5.74, 6) is 1.56. The van der Waals surface area contributed by atoms with Gasteiger partial charge in [0.1, 0.15) is 23.4 Å². The fourth-order valence-corrected chi connectivity index (χ4v) is 4.40. The summed E-state index contributed by atoms with van der Waals surface area (Å²) in [6.45, 7) is 5.34. The number of para-hydroxylation sites is 1. The van der Waals surface area contributed by atoms with Crippen molar-refractivity contribution < 1.29 is 13.9 Å². The molecular formula is C25H29FN4O2S. The molecule has 8 heteroatoms. The van der Waals surface area contributed by atoms with Crippen molar-refractivity contribution in [3.8, 4) is 5.75 Å². The molecule has 3 aromatic rings. The predicted octanol–water partition coefficient (Wildman–Crippen LogP) is 5.15. The monoisotopic (exact) mass is 468 g/mol. The van der Waals surface area contributed by atoms with E-state index in [1.165, 1.54) is 23.9 Å². The third-order valence-electron chi connectivity index (χ3n) is 5.39. The SMILES string of the molecule is CC(C)CCn1c(COc2ccccc2)nnc1SC(C(=O)NC1CC1)c1ccc(F)cc1. The number of ether oxygens (including phenoxy) is 1. The Morgan fingerprint density at radius 2 is 1.88 bits per heavy atom. The minimum atomic E-state index is -0.545. The Morgan fingerprint density at radius 1 is 1.15 bits per heavy atom. The zero-order valence-corrected chi connectivity index (χ0v) is 19.7. The molecule has 0 aliphatic heterocycles. The van der Waals surface area contributed by atoms with E-state index in [0.717, 1.165) is 37.1 Å². The minimum absolute atomic E-state index is 0.0883. The number of hydrogen-bond donors (Lipinski definition) is 1. The molecule has 2 aromatic carbocycles. The first kappa shape index (κ1) is 23.3. The first-order valence-corrected chi connectivity index (χ1v) is 12.2. The Bertz CT molecular complexity index is 1050. The van der Waals surface area contributed by atoms with Crippen molar-refractivity contribution in [3.05, 3.63) is 71.8 Å². The number of amides is 1. The molecule has 1 fully saturated rings. The lowest BCUT2D eigenvalue weighted by Gasteiger charge is -2.18. The number of thioether (sulfide) groups is 1. The number of nitrogens with zero attached hydrogens (tertiary/aromatic N) is 3. The lowest BCUT2D eigenvalue weighted by Crippen LogP contribution is -2.30. The third-order valence-corrected chi connectivity index (χ3v) is 6.63.